The molecule has 8 nitrogen and oxygen atoms in total. The van der Waals surface area contributed by atoms with E-state index in [0.717, 1.165) is 16.9 Å². The highest BCUT2D eigenvalue weighted by Gasteiger charge is 2.10. The fraction of sp³-hybridized carbons (Fsp3) is 0.148. The molecule has 0 heterocycles. The summed E-state index contributed by atoms with van der Waals surface area (Å²) in [6.45, 7) is 2.09. The summed E-state index contributed by atoms with van der Waals surface area (Å²) in [5, 5.41) is 5.67. The number of rotatable bonds is 9. The van der Waals surface area contributed by atoms with Gasteiger partial charge >= 0.3 is 6.16 Å². The summed E-state index contributed by atoms with van der Waals surface area (Å²) in [6, 6.07) is 20.6. The van der Waals surface area contributed by atoms with Crippen molar-refractivity contribution in [3.8, 4) is 11.5 Å². The van der Waals surface area contributed by atoms with Gasteiger partial charge in [-0.1, -0.05) is 30.3 Å². The SMILES string of the molecule is CCOC(=O)Oc1ccc(C(=O)NCc2ccccc2NC(=O)/C=C/c2ccc(OC)cc2)cc1. The monoisotopic (exact) mass is 474 g/mol. The van der Waals surface area contributed by atoms with E-state index in [-0.39, 0.29) is 30.7 Å². The van der Waals surface area contributed by atoms with Crippen LogP contribution in [0.1, 0.15) is 28.4 Å². The minimum Gasteiger partial charge on any atom is -0.497 e. The van der Waals surface area contributed by atoms with Crippen molar-refractivity contribution < 1.29 is 28.6 Å². The number of benzene rings is 3. The van der Waals surface area contributed by atoms with Crippen LogP contribution >= 0.6 is 0 Å². The molecule has 0 aromatic heterocycles. The highest BCUT2D eigenvalue weighted by molar-refractivity contribution is 6.02. The number of ether oxygens (including phenoxy) is 3. The number of hydrogen-bond acceptors (Lipinski definition) is 6. The van der Waals surface area contributed by atoms with Crippen molar-refractivity contribution in [3.63, 3.8) is 0 Å². The minimum atomic E-state index is -0.804. The molecule has 8 heteroatoms. The lowest BCUT2D eigenvalue weighted by atomic mass is 10.1. The van der Waals surface area contributed by atoms with Gasteiger partial charge in [0.2, 0.25) is 5.91 Å². The van der Waals surface area contributed by atoms with Crippen LogP contribution in [0.15, 0.2) is 78.9 Å². The number of carbonyl (C=O) groups excluding carboxylic acids is 3. The van der Waals surface area contributed by atoms with E-state index >= 15 is 0 Å². The second-order valence-corrected chi connectivity index (χ2v) is 7.25. The molecular weight excluding hydrogens is 448 g/mol. The van der Waals surface area contributed by atoms with Gasteiger partial charge in [0.15, 0.2) is 0 Å². The molecule has 2 N–H and O–H groups in total. The summed E-state index contributed by atoms with van der Waals surface area (Å²) in [5.41, 5.74) is 2.59. The molecule has 3 aromatic carbocycles. The van der Waals surface area contributed by atoms with Crippen LogP contribution in [0.25, 0.3) is 6.08 Å². The van der Waals surface area contributed by atoms with E-state index in [2.05, 4.69) is 10.6 Å². The Morgan fingerprint density at radius 2 is 1.57 bits per heavy atom. The third-order valence-electron chi connectivity index (χ3n) is 4.84. The standard InChI is InChI=1S/C27H26N2O6/c1-3-34-27(32)35-23-15-11-20(12-16-23)26(31)28-18-21-6-4-5-7-24(21)29-25(30)17-10-19-8-13-22(33-2)14-9-19/h4-17H,3,18H2,1-2H3,(H,28,31)(H,29,30)/b17-10+. The van der Waals surface area contributed by atoms with Crippen molar-refractivity contribution in [2.75, 3.05) is 19.0 Å². The molecule has 35 heavy (non-hydrogen) atoms. The Morgan fingerprint density at radius 3 is 2.26 bits per heavy atom. The van der Waals surface area contributed by atoms with E-state index in [0.29, 0.717) is 11.3 Å². The summed E-state index contributed by atoms with van der Waals surface area (Å²) >= 11 is 0. The number of amides is 2. The molecule has 180 valence electrons. The third-order valence-corrected chi connectivity index (χ3v) is 4.84. The molecule has 0 radical (unpaired) electrons. The molecule has 0 spiro atoms. The molecule has 0 fully saturated rings. The number of anilines is 1. The van der Waals surface area contributed by atoms with Gasteiger partial charge < -0.3 is 24.8 Å². The van der Waals surface area contributed by atoms with Crippen LogP contribution in [0.3, 0.4) is 0 Å². The number of para-hydroxylation sites is 1. The van der Waals surface area contributed by atoms with Crippen molar-refractivity contribution in [1.29, 1.82) is 0 Å². The Kier molecular flexibility index (Phi) is 9.01. The predicted octanol–water partition coefficient (Wildman–Crippen LogP) is 4.81. The lowest BCUT2D eigenvalue weighted by Crippen LogP contribution is -2.23. The fourth-order valence-electron chi connectivity index (χ4n) is 3.05. The van der Waals surface area contributed by atoms with Crippen molar-refractivity contribution in [2.45, 2.75) is 13.5 Å². The highest BCUT2D eigenvalue weighted by atomic mass is 16.7. The molecule has 0 saturated heterocycles. The van der Waals surface area contributed by atoms with Crippen LogP contribution in [-0.2, 0) is 16.1 Å². The van der Waals surface area contributed by atoms with Gasteiger partial charge in [0.25, 0.3) is 5.91 Å². The molecule has 3 aromatic rings. The van der Waals surface area contributed by atoms with Gasteiger partial charge in [-0.25, -0.2) is 4.79 Å². The van der Waals surface area contributed by atoms with E-state index in [1.807, 2.05) is 36.4 Å². The molecule has 0 aliphatic heterocycles. The van der Waals surface area contributed by atoms with Gasteiger partial charge in [-0.05, 0) is 66.6 Å². The molecule has 0 saturated carbocycles. The van der Waals surface area contributed by atoms with Gasteiger partial charge in [-0.3, -0.25) is 9.59 Å². The Morgan fingerprint density at radius 1 is 0.886 bits per heavy atom. The first-order chi connectivity index (χ1) is 17.0. The Labute approximate surface area is 203 Å². The molecule has 0 bridgehead atoms. The van der Waals surface area contributed by atoms with E-state index in [1.54, 1.807) is 44.4 Å². The first kappa shape index (κ1) is 25.0. The summed E-state index contributed by atoms with van der Waals surface area (Å²) in [4.78, 5) is 36.3. The van der Waals surface area contributed by atoms with Gasteiger partial charge in [0.1, 0.15) is 11.5 Å². The Hall–Kier alpha value is -4.59. The van der Waals surface area contributed by atoms with Crippen molar-refractivity contribution in [2.24, 2.45) is 0 Å². The van der Waals surface area contributed by atoms with E-state index in [4.69, 9.17) is 14.2 Å². The average Bonchev–Trinajstić information content (AvgIpc) is 2.87. The number of nitrogens with one attached hydrogen (secondary N) is 2. The maximum Gasteiger partial charge on any atom is 0.513 e. The lowest BCUT2D eigenvalue weighted by molar-refractivity contribution is -0.111. The summed E-state index contributed by atoms with van der Waals surface area (Å²) < 4.78 is 14.8. The molecule has 2 amide bonds. The number of hydrogen-bond donors (Lipinski definition) is 2. The molecule has 0 aliphatic rings. The zero-order chi connectivity index (χ0) is 25.0. The third kappa shape index (κ3) is 7.75. The van der Waals surface area contributed by atoms with Gasteiger partial charge in [0.05, 0.1) is 13.7 Å². The van der Waals surface area contributed by atoms with Crippen LogP contribution in [-0.4, -0.2) is 31.7 Å². The van der Waals surface area contributed by atoms with Crippen LogP contribution in [0.2, 0.25) is 0 Å². The normalized spacial score (nSPS) is 10.5. The van der Waals surface area contributed by atoms with Crippen molar-refractivity contribution >= 4 is 29.7 Å². The Bertz CT molecular complexity index is 1190. The lowest BCUT2D eigenvalue weighted by Gasteiger charge is -2.11. The van der Waals surface area contributed by atoms with Crippen LogP contribution < -0.4 is 20.1 Å². The minimum absolute atomic E-state index is 0.207. The first-order valence-electron chi connectivity index (χ1n) is 10.9. The van der Waals surface area contributed by atoms with E-state index in [1.165, 1.54) is 18.2 Å². The second kappa shape index (κ2) is 12.6. The zero-order valence-electron chi connectivity index (χ0n) is 19.4. The van der Waals surface area contributed by atoms with Gasteiger partial charge in [-0.15, -0.1) is 0 Å². The summed E-state index contributed by atoms with van der Waals surface area (Å²) in [6.07, 6.45) is 2.34. The van der Waals surface area contributed by atoms with E-state index in [9.17, 15) is 14.4 Å². The van der Waals surface area contributed by atoms with Gasteiger partial charge in [-0.2, -0.15) is 0 Å². The molecule has 0 aliphatic carbocycles. The molecule has 0 atom stereocenters. The maximum atomic E-state index is 12.5. The highest BCUT2D eigenvalue weighted by Crippen LogP contribution is 2.17. The zero-order valence-corrected chi connectivity index (χ0v) is 19.4. The molecule has 0 unspecified atom stereocenters. The quantitative estimate of drug-likeness (QED) is 0.262. The fourth-order valence-corrected chi connectivity index (χ4v) is 3.05. The van der Waals surface area contributed by atoms with Crippen molar-refractivity contribution in [3.05, 3.63) is 95.6 Å². The smallest absolute Gasteiger partial charge is 0.497 e. The van der Waals surface area contributed by atoms with E-state index < -0.39 is 6.16 Å². The van der Waals surface area contributed by atoms with Crippen LogP contribution in [0, 0.1) is 0 Å². The predicted molar refractivity (Wildman–Crippen MR) is 132 cm³/mol. The Balaban J connectivity index is 1.56. The average molecular weight is 475 g/mol. The first-order valence-corrected chi connectivity index (χ1v) is 10.9. The number of methoxy groups -OCH3 is 1. The largest absolute Gasteiger partial charge is 0.513 e. The number of carbonyl (C=O) groups is 3. The molecule has 3 rings (SSSR count). The van der Waals surface area contributed by atoms with Crippen LogP contribution in [0.5, 0.6) is 11.5 Å². The maximum absolute atomic E-state index is 12.5. The second-order valence-electron chi connectivity index (χ2n) is 7.25. The van der Waals surface area contributed by atoms with Gasteiger partial charge in [0, 0.05) is 23.9 Å². The molecular formula is C27H26N2O6. The topological polar surface area (TPSA) is 103 Å². The summed E-state index contributed by atoms with van der Waals surface area (Å²) in [7, 11) is 1.59. The summed E-state index contributed by atoms with van der Waals surface area (Å²) in [5.74, 6) is 0.407. The van der Waals surface area contributed by atoms with Crippen LogP contribution in [0.4, 0.5) is 10.5 Å². The van der Waals surface area contributed by atoms with Crippen molar-refractivity contribution in [1.82, 2.24) is 5.32 Å².